The van der Waals surface area contributed by atoms with Gasteiger partial charge in [-0.2, -0.15) is 13.2 Å². The van der Waals surface area contributed by atoms with Crippen molar-refractivity contribution in [2.24, 2.45) is 0 Å². The Hall–Kier alpha value is -3.60. The highest BCUT2D eigenvalue weighted by atomic mass is 19.4. The minimum atomic E-state index is -5.03. The zero-order valence-corrected chi connectivity index (χ0v) is 18.3. The maximum atomic E-state index is 14.1. The Balaban J connectivity index is 1.43. The second-order valence-electron chi connectivity index (χ2n) is 8.06. The number of hydrogen-bond acceptors (Lipinski definition) is 5. The highest BCUT2D eigenvalue weighted by Gasteiger charge is 2.68. The minimum absolute atomic E-state index is 0.183. The van der Waals surface area contributed by atoms with Crippen LogP contribution in [-0.4, -0.2) is 78.7 Å². The van der Waals surface area contributed by atoms with Gasteiger partial charge in [0.05, 0.1) is 13.8 Å². The standard InChI is InChI=1S/C23H23F3N4O4/c1-34-18-9-7-16(8-10-18)19(31)29-13-11-28(12-14-29)15-30-20(32)22(23(24,25)26,27-21(30)33)17-5-3-2-4-6-17/h2-10H,11-15H2,1H3,(H,27,33). The van der Waals surface area contributed by atoms with Gasteiger partial charge in [-0.1, -0.05) is 30.3 Å². The molecule has 0 saturated carbocycles. The van der Waals surface area contributed by atoms with Crippen LogP contribution in [0.15, 0.2) is 54.6 Å². The van der Waals surface area contributed by atoms with E-state index in [1.807, 2.05) is 5.32 Å². The minimum Gasteiger partial charge on any atom is -0.497 e. The molecule has 2 heterocycles. The van der Waals surface area contributed by atoms with Crippen LogP contribution in [0.1, 0.15) is 15.9 Å². The Morgan fingerprint density at radius 2 is 1.62 bits per heavy atom. The molecule has 4 amide bonds. The number of carbonyl (C=O) groups is 3. The number of nitrogens with zero attached hydrogens (tertiary/aromatic N) is 3. The summed E-state index contributed by atoms with van der Waals surface area (Å²) in [6.45, 7) is 0.891. The van der Waals surface area contributed by atoms with Crippen molar-refractivity contribution >= 4 is 17.8 Å². The Labute approximate surface area is 193 Å². The smallest absolute Gasteiger partial charge is 0.425 e. The summed E-state index contributed by atoms with van der Waals surface area (Å²) >= 11 is 0. The van der Waals surface area contributed by atoms with Crippen molar-refractivity contribution in [3.63, 3.8) is 0 Å². The normalized spacial score (nSPS) is 21.5. The number of benzene rings is 2. The van der Waals surface area contributed by atoms with Crippen LogP contribution in [0.5, 0.6) is 5.75 Å². The van der Waals surface area contributed by atoms with E-state index in [0.29, 0.717) is 42.4 Å². The third kappa shape index (κ3) is 4.07. The molecule has 1 atom stereocenters. The number of nitrogens with one attached hydrogen (secondary N) is 1. The SMILES string of the molecule is COc1ccc(C(=O)N2CCN(CN3C(=O)NC(c4ccccc4)(C(F)(F)F)C3=O)CC2)cc1. The van der Waals surface area contributed by atoms with Gasteiger partial charge in [-0.05, 0) is 29.8 Å². The van der Waals surface area contributed by atoms with Crippen molar-refractivity contribution in [1.82, 2.24) is 20.0 Å². The van der Waals surface area contributed by atoms with Crippen molar-refractivity contribution in [2.75, 3.05) is 40.0 Å². The lowest BCUT2D eigenvalue weighted by Gasteiger charge is -2.36. The maximum Gasteiger partial charge on any atom is 0.425 e. The molecule has 2 aliphatic rings. The van der Waals surface area contributed by atoms with Gasteiger partial charge in [0.1, 0.15) is 5.75 Å². The highest BCUT2D eigenvalue weighted by Crippen LogP contribution is 2.43. The second-order valence-corrected chi connectivity index (χ2v) is 8.06. The monoisotopic (exact) mass is 476 g/mol. The van der Waals surface area contributed by atoms with Gasteiger partial charge in [0.2, 0.25) is 5.54 Å². The predicted octanol–water partition coefficient (Wildman–Crippen LogP) is 2.42. The van der Waals surface area contributed by atoms with E-state index in [0.717, 1.165) is 0 Å². The molecular weight excluding hydrogens is 453 g/mol. The summed E-state index contributed by atoms with van der Waals surface area (Å²) in [4.78, 5) is 42.1. The third-order valence-corrected chi connectivity index (χ3v) is 6.08. The predicted molar refractivity (Wildman–Crippen MR) is 115 cm³/mol. The lowest BCUT2D eigenvalue weighted by molar-refractivity contribution is -0.198. The molecule has 1 unspecified atom stereocenters. The number of piperazine rings is 1. The molecule has 11 heteroatoms. The lowest BCUT2D eigenvalue weighted by Crippen LogP contribution is -2.56. The number of alkyl halides is 3. The van der Waals surface area contributed by atoms with Crippen LogP contribution in [0.3, 0.4) is 0 Å². The molecule has 2 aromatic rings. The van der Waals surface area contributed by atoms with Crippen LogP contribution in [-0.2, 0) is 10.3 Å². The number of hydrogen-bond donors (Lipinski definition) is 1. The van der Waals surface area contributed by atoms with Crippen molar-refractivity contribution in [1.29, 1.82) is 0 Å². The summed E-state index contributed by atoms with van der Waals surface area (Å²) in [5, 5.41) is 1.88. The Morgan fingerprint density at radius 1 is 1.00 bits per heavy atom. The fraction of sp³-hybridized carbons (Fsp3) is 0.348. The second kappa shape index (κ2) is 8.98. The summed E-state index contributed by atoms with van der Waals surface area (Å²) in [7, 11) is 1.53. The van der Waals surface area contributed by atoms with Gasteiger partial charge in [-0.25, -0.2) is 9.69 Å². The molecule has 2 fully saturated rings. The fourth-order valence-electron chi connectivity index (χ4n) is 4.15. The van der Waals surface area contributed by atoms with Crippen molar-refractivity contribution < 1.29 is 32.3 Å². The number of methoxy groups -OCH3 is 1. The van der Waals surface area contributed by atoms with Crippen molar-refractivity contribution in [2.45, 2.75) is 11.7 Å². The van der Waals surface area contributed by atoms with E-state index in [-0.39, 0.29) is 18.1 Å². The molecule has 2 saturated heterocycles. The van der Waals surface area contributed by atoms with E-state index in [9.17, 15) is 27.6 Å². The molecule has 0 bridgehead atoms. The first kappa shape index (κ1) is 23.6. The van der Waals surface area contributed by atoms with Gasteiger partial charge >= 0.3 is 12.2 Å². The molecule has 1 N–H and O–H groups in total. The summed E-state index contributed by atoms with van der Waals surface area (Å²) in [6, 6.07) is 12.2. The number of imide groups is 1. The van der Waals surface area contributed by atoms with Gasteiger partial charge in [-0.3, -0.25) is 14.5 Å². The summed E-state index contributed by atoms with van der Waals surface area (Å²) in [6.07, 6.45) is -5.03. The first-order chi connectivity index (χ1) is 16.2. The molecule has 180 valence electrons. The number of carbonyl (C=O) groups excluding carboxylic acids is 3. The number of urea groups is 1. The molecule has 0 aliphatic carbocycles. The lowest BCUT2D eigenvalue weighted by atomic mass is 9.89. The van der Waals surface area contributed by atoms with Crippen LogP contribution in [0.4, 0.5) is 18.0 Å². The van der Waals surface area contributed by atoms with Crippen molar-refractivity contribution in [3.05, 3.63) is 65.7 Å². The van der Waals surface area contributed by atoms with Crippen LogP contribution in [0.2, 0.25) is 0 Å². The molecule has 0 aromatic heterocycles. The van der Waals surface area contributed by atoms with Gasteiger partial charge in [-0.15, -0.1) is 0 Å². The van der Waals surface area contributed by atoms with E-state index in [4.69, 9.17) is 4.74 Å². The third-order valence-electron chi connectivity index (χ3n) is 6.08. The molecule has 0 radical (unpaired) electrons. The summed E-state index contributed by atoms with van der Waals surface area (Å²) < 4.78 is 47.4. The number of amides is 4. The quantitative estimate of drug-likeness (QED) is 0.671. The van der Waals surface area contributed by atoms with Gasteiger partial charge in [0.15, 0.2) is 0 Å². The maximum absolute atomic E-state index is 14.1. The molecular formula is C23H23F3N4O4. The summed E-state index contributed by atoms with van der Waals surface area (Å²) in [5.74, 6) is -0.925. The highest BCUT2D eigenvalue weighted by molar-refractivity contribution is 6.08. The molecule has 2 aliphatic heterocycles. The Bertz CT molecular complexity index is 1070. The molecule has 2 aromatic carbocycles. The Kier molecular flexibility index (Phi) is 6.22. The van der Waals surface area contributed by atoms with E-state index < -0.39 is 23.7 Å². The summed E-state index contributed by atoms with van der Waals surface area (Å²) in [5.41, 5.74) is -2.99. The Morgan fingerprint density at radius 3 is 2.18 bits per heavy atom. The topological polar surface area (TPSA) is 82.2 Å². The van der Waals surface area contributed by atoms with Crippen LogP contribution >= 0.6 is 0 Å². The molecule has 8 nitrogen and oxygen atoms in total. The molecule has 4 rings (SSSR count). The fourth-order valence-corrected chi connectivity index (χ4v) is 4.15. The number of halogens is 3. The van der Waals surface area contributed by atoms with E-state index in [2.05, 4.69) is 0 Å². The van der Waals surface area contributed by atoms with Gasteiger partial charge < -0.3 is 15.0 Å². The van der Waals surface area contributed by atoms with Gasteiger partial charge in [0, 0.05) is 31.7 Å². The average Bonchev–Trinajstić information content (AvgIpc) is 3.10. The average molecular weight is 476 g/mol. The van der Waals surface area contributed by atoms with E-state index >= 15 is 0 Å². The number of rotatable bonds is 5. The first-order valence-corrected chi connectivity index (χ1v) is 10.6. The van der Waals surface area contributed by atoms with Crippen LogP contribution in [0.25, 0.3) is 0 Å². The van der Waals surface area contributed by atoms with E-state index in [1.54, 1.807) is 34.1 Å². The van der Waals surface area contributed by atoms with E-state index in [1.165, 1.54) is 37.4 Å². The molecule has 34 heavy (non-hydrogen) atoms. The zero-order valence-electron chi connectivity index (χ0n) is 18.3. The number of ether oxygens (including phenoxy) is 1. The van der Waals surface area contributed by atoms with Gasteiger partial charge in [0.25, 0.3) is 11.8 Å². The largest absolute Gasteiger partial charge is 0.497 e. The van der Waals surface area contributed by atoms with Crippen molar-refractivity contribution in [3.8, 4) is 5.75 Å². The van der Waals surface area contributed by atoms with Crippen LogP contribution in [0, 0.1) is 0 Å². The molecule has 0 spiro atoms. The van der Waals surface area contributed by atoms with Crippen LogP contribution < -0.4 is 10.1 Å². The first-order valence-electron chi connectivity index (χ1n) is 10.6. The zero-order chi connectivity index (χ0) is 24.5.